The van der Waals surface area contributed by atoms with Crippen molar-refractivity contribution in [3.05, 3.63) is 110 Å². The minimum absolute atomic E-state index is 0.0120. The van der Waals surface area contributed by atoms with Crippen LogP contribution in [-0.4, -0.2) is 34.7 Å². The number of aromatic nitrogens is 2. The van der Waals surface area contributed by atoms with E-state index in [-0.39, 0.29) is 5.69 Å². The van der Waals surface area contributed by atoms with Gasteiger partial charge in [-0.1, -0.05) is 29.8 Å². The highest BCUT2D eigenvalue weighted by atomic mass is 35.5. The van der Waals surface area contributed by atoms with Crippen LogP contribution in [0, 0.1) is 10.1 Å². The van der Waals surface area contributed by atoms with E-state index in [4.69, 9.17) is 26.1 Å². The van der Waals surface area contributed by atoms with Crippen LogP contribution in [0.25, 0.3) is 21.8 Å². The molecule has 5 rings (SSSR count). The summed E-state index contributed by atoms with van der Waals surface area (Å²) < 4.78 is 12.4. The van der Waals surface area contributed by atoms with E-state index in [1.807, 2.05) is 41.1 Å². The first-order valence-electron chi connectivity index (χ1n) is 11.4. The molecule has 0 N–H and O–H groups in total. The average Bonchev–Trinajstić information content (AvgIpc) is 3.24. The molecule has 0 saturated carbocycles. The quantitative estimate of drug-likeness (QED) is 0.146. The number of methoxy groups -OCH3 is 2. The van der Waals surface area contributed by atoms with Crippen molar-refractivity contribution in [1.82, 2.24) is 9.55 Å². The van der Waals surface area contributed by atoms with Gasteiger partial charge in [-0.3, -0.25) is 15.1 Å². The number of rotatable bonds is 7. The largest absolute Gasteiger partial charge is 0.496 e. The average molecular weight is 516 g/mol. The van der Waals surface area contributed by atoms with E-state index < -0.39 is 10.9 Å². The van der Waals surface area contributed by atoms with Gasteiger partial charge >= 0.3 is 5.97 Å². The van der Waals surface area contributed by atoms with Crippen LogP contribution < -0.4 is 4.74 Å². The van der Waals surface area contributed by atoms with Crippen molar-refractivity contribution in [3.63, 3.8) is 0 Å². The van der Waals surface area contributed by atoms with Crippen molar-refractivity contribution < 1.29 is 19.2 Å². The van der Waals surface area contributed by atoms with Gasteiger partial charge in [0, 0.05) is 46.1 Å². The molecule has 0 fully saturated rings. The fraction of sp³-hybridized carbons (Fsp3) is 0.143. The Hall–Kier alpha value is -4.43. The Kier molecular flexibility index (Phi) is 6.50. The monoisotopic (exact) mass is 515 g/mol. The third-order valence-electron chi connectivity index (χ3n) is 6.29. The molecule has 0 amide bonds. The van der Waals surface area contributed by atoms with Crippen LogP contribution in [0.4, 0.5) is 5.69 Å². The van der Waals surface area contributed by atoms with Gasteiger partial charge in [0.15, 0.2) is 0 Å². The molecule has 9 heteroatoms. The summed E-state index contributed by atoms with van der Waals surface area (Å²) in [5.41, 5.74) is 4.58. The van der Waals surface area contributed by atoms with E-state index in [2.05, 4.69) is 0 Å². The third kappa shape index (κ3) is 4.83. The molecule has 37 heavy (non-hydrogen) atoms. The highest BCUT2D eigenvalue weighted by Gasteiger charge is 2.17. The molecule has 0 atom stereocenters. The summed E-state index contributed by atoms with van der Waals surface area (Å²) >= 11 is 6.15. The van der Waals surface area contributed by atoms with E-state index in [9.17, 15) is 14.9 Å². The first-order chi connectivity index (χ1) is 17.9. The Morgan fingerprint density at radius 3 is 2.59 bits per heavy atom. The van der Waals surface area contributed by atoms with Crippen molar-refractivity contribution in [2.45, 2.75) is 13.0 Å². The molecular weight excluding hydrogens is 494 g/mol. The van der Waals surface area contributed by atoms with Crippen molar-refractivity contribution in [1.29, 1.82) is 0 Å². The van der Waals surface area contributed by atoms with Crippen molar-refractivity contribution in [2.24, 2.45) is 0 Å². The first-order valence-corrected chi connectivity index (χ1v) is 11.8. The van der Waals surface area contributed by atoms with E-state index in [1.165, 1.54) is 20.3 Å². The van der Waals surface area contributed by atoms with Gasteiger partial charge in [-0.15, -0.1) is 0 Å². The van der Waals surface area contributed by atoms with E-state index in [0.717, 1.165) is 38.6 Å². The molecule has 0 radical (unpaired) electrons. The lowest BCUT2D eigenvalue weighted by Crippen LogP contribution is -2.03. The highest BCUT2D eigenvalue weighted by Crippen LogP contribution is 2.31. The number of carbonyl (C=O) groups excluding carboxylic acids is 1. The number of benzene rings is 3. The second kappa shape index (κ2) is 9.91. The molecule has 0 bridgehead atoms. The van der Waals surface area contributed by atoms with Crippen LogP contribution in [0.1, 0.15) is 27.2 Å². The maximum absolute atomic E-state index is 11.9. The number of non-ortho nitro benzene ring substituents is 1. The number of nitrogens with zero attached hydrogens (tertiary/aromatic N) is 3. The molecule has 2 aromatic heterocycles. The molecule has 0 aliphatic carbocycles. The lowest BCUT2D eigenvalue weighted by atomic mass is 10.0. The van der Waals surface area contributed by atoms with Crippen LogP contribution in [0.3, 0.4) is 0 Å². The molecule has 0 spiro atoms. The van der Waals surface area contributed by atoms with Gasteiger partial charge in [0.25, 0.3) is 5.69 Å². The van der Waals surface area contributed by atoms with Crippen LogP contribution >= 0.6 is 11.6 Å². The predicted molar refractivity (Wildman–Crippen MR) is 142 cm³/mol. The minimum atomic E-state index is -0.457. The smallest absolute Gasteiger partial charge is 0.337 e. The summed E-state index contributed by atoms with van der Waals surface area (Å²) in [7, 11) is 2.86. The van der Waals surface area contributed by atoms with Crippen LogP contribution in [0.5, 0.6) is 5.75 Å². The SMILES string of the molecule is COC(=O)c1ccc(Cc2cn(Cc3ccc4ccc(Cl)cc4n3)c3ccc([N+](=O)[O-])cc23)c(OC)c1. The molecule has 0 aliphatic heterocycles. The summed E-state index contributed by atoms with van der Waals surface area (Å²) in [6.07, 6.45) is 2.42. The summed E-state index contributed by atoms with van der Waals surface area (Å²) in [6, 6.07) is 19.5. The Balaban J connectivity index is 1.57. The molecule has 8 nitrogen and oxygen atoms in total. The topological polar surface area (TPSA) is 96.5 Å². The van der Waals surface area contributed by atoms with Gasteiger partial charge in [0.2, 0.25) is 0 Å². The number of halogens is 1. The Morgan fingerprint density at radius 2 is 1.84 bits per heavy atom. The summed E-state index contributed by atoms with van der Waals surface area (Å²) in [5, 5.41) is 13.9. The molecule has 3 aromatic carbocycles. The number of carbonyl (C=O) groups is 1. The summed E-state index contributed by atoms with van der Waals surface area (Å²) in [4.78, 5) is 27.8. The zero-order valence-corrected chi connectivity index (χ0v) is 20.9. The van der Waals surface area contributed by atoms with Gasteiger partial charge < -0.3 is 14.0 Å². The van der Waals surface area contributed by atoms with Crippen molar-refractivity contribution >= 4 is 45.1 Å². The lowest BCUT2D eigenvalue weighted by molar-refractivity contribution is -0.384. The van der Waals surface area contributed by atoms with E-state index >= 15 is 0 Å². The minimum Gasteiger partial charge on any atom is -0.496 e. The number of hydrogen-bond donors (Lipinski definition) is 0. The van der Waals surface area contributed by atoms with Gasteiger partial charge in [0.1, 0.15) is 5.75 Å². The molecule has 0 unspecified atom stereocenters. The Labute approximate surface area is 217 Å². The zero-order chi connectivity index (χ0) is 26.1. The molecule has 0 aliphatic rings. The normalized spacial score (nSPS) is 11.1. The van der Waals surface area contributed by atoms with E-state index in [0.29, 0.717) is 29.3 Å². The molecule has 2 heterocycles. The first kappa shape index (κ1) is 24.3. The second-order valence-electron chi connectivity index (χ2n) is 8.58. The molecule has 0 saturated heterocycles. The van der Waals surface area contributed by atoms with Crippen LogP contribution in [0.2, 0.25) is 5.02 Å². The number of hydrogen-bond acceptors (Lipinski definition) is 6. The number of pyridine rings is 1. The maximum atomic E-state index is 11.9. The summed E-state index contributed by atoms with van der Waals surface area (Å²) in [6.45, 7) is 0.467. The standard InChI is InChI=1S/C28H22ClN3O5/c1-36-27-12-19(28(33)37-2)4-3-18(27)11-20-15-31(26-10-9-23(32(34)35)14-24(20)26)16-22-8-6-17-5-7-21(29)13-25(17)30-22/h3-10,12-15H,11,16H2,1-2H3. The van der Waals surface area contributed by atoms with Gasteiger partial charge in [0.05, 0.1) is 42.5 Å². The molecular formula is C28H22ClN3O5. The fourth-order valence-corrected chi connectivity index (χ4v) is 4.65. The lowest BCUT2D eigenvalue weighted by Gasteiger charge is -2.10. The van der Waals surface area contributed by atoms with Gasteiger partial charge in [-0.25, -0.2) is 4.79 Å². The number of nitro groups is 1. The zero-order valence-electron chi connectivity index (χ0n) is 20.1. The number of fused-ring (bicyclic) bond motifs is 2. The number of esters is 1. The van der Waals surface area contributed by atoms with E-state index in [1.54, 1.807) is 30.3 Å². The summed E-state index contributed by atoms with van der Waals surface area (Å²) in [5.74, 6) is 0.0727. The molecule has 186 valence electrons. The van der Waals surface area contributed by atoms with Crippen molar-refractivity contribution in [2.75, 3.05) is 14.2 Å². The second-order valence-corrected chi connectivity index (χ2v) is 9.01. The van der Waals surface area contributed by atoms with Gasteiger partial charge in [-0.05, 0) is 47.5 Å². The maximum Gasteiger partial charge on any atom is 0.337 e. The van der Waals surface area contributed by atoms with Crippen LogP contribution in [0.15, 0.2) is 72.9 Å². The van der Waals surface area contributed by atoms with Crippen molar-refractivity contribution in [3.8, 4) is 5.75 Å². The highest BCUT2D eigenvalue weighted by molar-refractivity contribution is 6.31. The number of nitro benzene ring substituents is 1. The van der Waals surface area contributed by atoms with Crippen LogP contribution in [-0.2, 0) is 17.7 Å². The predicted octanol–water partition coefficient (Wildman–Crippen LogP) is 6.19. The Bertz CT molecular complexity index is 1680. The molecule has 5 aromatic rings. The van der Waals surface area contributed by atoms with Gasteiger partial charge in [-0.2, -0.15) is 0 Å². The third-order valence-corrected chi connectivity index (χ3v) is 6.53. The number of ether oxygens (including phenoxy) is 2. The fourth-order valence-electron chi connectivity index (χ4n) is 4.48. The Morgan fingerprint density at radius 1 is 1.03 bits per heavy atom.